The van der Waals surface area contributed by atoms with Crippen molar-refractivity contribution < 1.29 is 30.9 Å². The predicted molar refractivity (Wildman–Crippen MR) is 105 cm³/mol. The van der Waals surface area contributed by atoms with Gasteiger partial charge in [0.15, 0.2) is 11.5 Å². The molecule has 2 aromatic carbocycles. The summed E-state index contributed by atoms with van der Waals surface area (Å²) >= 11 is 0. The van der Waals surface area contributed by atoms with E-state index in [1.165, 1.54) is 0 Å². The van der Waals surface area contributed by atoms with E-state index in [4.69, 9.17) is 4.42 Å². The lowest BCUT2D eigenvalue weighted by Gasteiger charge is -2.32. The summed E-state index contributed by atoms with van der Waals surface area (Å²) in [7, 11) is -5.68. The van der Waals surface area contributed by atoms with Crippen LogP contribution in [0.4, 0.5) is 24.5 Å². The van der Waals surface area contributed by atoms with Crippen molar-refractivity contribution >= 4 is 32.3 Å². The summed E-state index contributed by atoms with van der Waals surface area (Å²) in [4.78, 5) is 15.6. The monoisotopic (exact) mass is 455 g/mol. The van der Waals surface area contributed by atoms with Gasteiger partial charge < -0.3 is 9.32 Å². The number of alkyl halides is 3. The molecule has 0 spiro atoms. The van der Waals surface area contributed by atoms with Gasteiger partial charge in [-0.2, -0.15) is 13.2 Å². The number of sulfone groups is 1. The lowest BCUT2D eigenvalue weighted by Crippen LogP contribution is -2.33. The first-order chi connectivity index (χ1) is 14.6. The molecule has 2 heterocycles. The average molecular weight is 455 g/mol. The van der Waals surface area contributed by atoms with E-state index in [0.717, 1.165) is 17.6 Å². The Bertz CT molecular complexity index is 1220. The number of rotatable bonds is 4. The fourth-order valence-corrected chi connectivity index (χ4v) is 4.43. The molecule has 0 bridgehead atoms. The van der Waals surface area contributed by atoms with Gasteiger partial charge in [0.25, 0.3) is 15.5 Å². The third-order valence-corrected chi connectivity index (χ3v) is 6.74. The van der Waals surface area contributed by atoms with Gasteiger partial charge >= 0.3 is 5.51 Å². The Morgan fingerprint density at radius 1 is 1.13 bits per heavy atom. The largest absolute Gasteiger partial charge is 0.501 e. The second-order valence-electron chi connectivity index (χ2n) is 7.14. The molecular formula is C19H16F3N3O5S. The standard InChI is InChI=1S/C19H16F3N3O5S/c20-19(21,22)31(28,29)13-5-6-15(16(11-13)25(26)27)24-9-7-12(8-10-24)18-23-14-3-1-2-4-17(14)30-18/h1-6,11-12H,7-10H2. The smallest absolute Gasteiger partial charge is 0.440 e. The van der Waals surface area contributed by atoms with E-state index in [1.54, 1.807) is 11.0 Å². The zero-order valence-corrected chi connectivity index (χ0v) is 16.7. The maximum Gasteiger partial charge on any atom is 0.501 e. The number of hydrogen-bond acceptors (Lipinski definition) is 7. The number of nitro groups is 1. The van der Waals surface area contributed by atoms with Crippen LogP contribution >= 0.6 is 0 Å². The molecule has 3 aromatic rings. The summed E-state index contributed by atoms with van der Waals surface area (Å²) in [6, 6.07) is 9.58. The van der Waals surface area contributed by atoms with Crippen molar-refractivity contribution in [3.05, 3.63) is 58.5 Å². The zero-order chi connectivity index (χ0) is 22.4. The van der Waals surface area contributed by atoms with Gasteiger partial charge in [-0.25, -0.2) is 13.4 Å². The number of oxazole rings is 1. The first kappa shape index (κ1) is 21.1. The van der Waals surface area contributed by atoms with Crippen molar-refractivity contribution in [3.8, 4) is 0 Å². The van der Waals surface area contributed by atoms with E-state index >= 15 is 0 Å². The van der Waals surface area contributed by atoms with Gasteiger partial charge in [-0.15, -0.1) is 0 Å². The molecule has 0 unspecified atom stereocenters. The Balaban J connectivity index is 1.57. The van der Waals surface area contributed by atoms with E-state index in [0.29, 0.717) is 43.5 Å². The van der Waals surface area contributed by atoms with Gasteiger partial charge in [0.1, 0.15) is 11.2 Å². The average Bonchev–Trinajstić information content (AvgIpc) is 3.17. The molecule has 4 rings (SSSR count). The molecule has 0 radical (unpaired) electrons. The van der Waals surface area contributed by atoms with Crippen LogP contribution < -0.4 is 4.90 Å². The quantitative estimate of drug-likeness (QED) is 0.424. The Kier molecular flexibility index (Phi) is 5.12. The van der Waals surface area contributed by atoms with Crippen molar-refractivity contribution in [2.24, 2.45) is 0 Å². The highest BCUT2D eigenvalue weighted by molar-refractivity contribution is 7.92. The lowest BCUT2D eigenvalue weighted by atomic mass is 9.96. The second-order valence-corrected chi connectivity index (χ2v) is 9.08. The van der Waals surface area contributed by atoms with Crippen LogP contribution in [-0.4, -0.2) is 36.9 Å². The molecule has 0 aliphatic carbocycles. The number of nitrogens with zero attached hydrogens (tertiary/aromatic N) is 3. The first-order valence-corrected chi connectivity index (χ1v) is 10.8. The van der Waals surface area contributed by atoms with E-state index in [2.05, 4.69) is 4.98 Å². The van der Waals surface area contributed by atoms with E-state index in [9.17, 15) is 31.7 Å². The number of anilines is 1. The molecule has 164 valence electrons. The van der Waals surface area contributed by atoms with Crippen molar-refractivity contribution in [2.75, 3.05) is 18.0 Å². The number of hydrogen-bond donors (Lipinski definition) is 0. The number of aromatic nitrogens is 1. The highest BCUT2D eigenvalue weighted by Gasteiger charge is 2.47. The van der Waals surface area contributed by atoms with Gasteiger partial charge in [-0.05, 0) is 37.1 Å². The second kappa shape index (κ2) is 7.52. The SMILES string of the molecule is O=[N+]([O-])c1cc(S(=O)(=O)C(F)(F)F)ccc1N1CCC(c2nc3ccccc3o2)CC1. The van der Waals surface area contributed by atoms with Crippen LogP contribution in [-0.2, 0) is 9.84 Å². The zero-order valence-electron chi connectivity index (χ0n) is 15.9. The van der Waals surface area contributed by atoms with E-state index < -0.39 is 30.9 Å². The summed E-state index contributed by atoms with van der Waals surface area (Å²) in [5.74, 6) is 0.564. The Hall–Kier alpha value is -3.15. The van der Waals surface area contributed by atoms with Crippen LogP contribution in [0.1, 0.15) is 24.7 Å². The molecule has 12 heteroatoms. The summed E-state index contributed by atoms with van der Waals surface area (Å²) in [6.45, 7) is 0.741. The van der Waals surface area contributed by atoms with Crippen LogP contribution in [0.5, 0.6) is 0 Å². The van der Waals surface area contributed by atoms with Crippen molar-refractivity contribution in [1.82, 2.24) is 4.98 Å². The molecule has 1 aliphatic heterocycles. The van der Waals surface area contributed by atoms with Crippen LogP contribution in [0.2, 0.25) is 0 Å². The molecular weight excluding hydrogens is 439 g/mol. The van der Waals surface area contributed by atoms with Gasteiger partial charge in [-0.3, -0.25) is 10.1 Å². The van der Waals surface area contributed by atoms with E-state index in [-0.39, 0.29) is 11.6 Å². The van der Waals surface area contributed by atoms with Crippen LogP contribution in [0.25, 0.3) is 11.1 Å². The van der Waals surface area contributed by atoms with Crippen LogP contribution in [0.15, 0.2) is 51.8 Å². The highest BCUT2D eigenvalue weighted by atomic mass is 32.2. The molecule has 1 fully saturated rings. The molecule has 1 saturated heterocycles. The minimum absolute atomic E-state index is 0.00686. The molecule has 1 aromatic heterocycles. The van der Waals surface area contributed by atoms with Gasteiger partial charge in [0.2, 0.25) is 0 Å². The molecule has 8 nitrogen and oxygen atoms in total. The molecule has 1 aliphatic rings. The molecule has 31 heavy (non-hydrogen) atoms. The third-order valence-electron chi connectivity index (χ3n) is 5.25. The first-order valence-electron chi connectivity index (χ1n) is 9.28. The minimum Gasteiger partial charge on any atom is -0.440 e. The summed E-state index contributed by atoms with van der Waals surface area (Å²) in [6.07, 6.45) is 1.12. The number of fused-ring (bicyclic) bond motifs is 1. The maximum absolute atomic E-state index is 12.8. The normalized spacial score (nSPS) is 16.0. The van der Waals surface area contributed by atoms with Crippen molar-refractivity contribution in [1.29, 1.82) is 0 Å². The Morgan fingerprint density at radius 3 is 2.42 bits per heavy atom. The summed E-state index contributed by atoms with van der Waals surface area (Å²) < 4.78 is 67.4. The number of piperidine rings is 1. The number of benzene rings is 2. The van der Waals surface area contributed by atoms with Crippen molar-refractivity contribution in [3.63, 3.8) is 0 Å². The fraction of sp³-hybridized carbons (Fsp3) is 0.316. The Morgan fingerprint density at radius 2 is 1.81 bits per heavy atom. The van der Waals surface area contributed by atoms with Gasteiger partial charge in [0.05, 0.1) is 9.82 Å². The van der Waals surface area contributed by atoms with Crippen LogP contribution in [0, 0.1) is 10.1 Å². The Labute approximate surface area is 174 Å². The topological polar surface area (TPSA) is 107 Å². The predicted octanol–water partition coefficient (Wildman–Crippen LogP) is 4.41. The number of nitro benzene ring substituents is 1. The number of halogens is 3. The van der Waals surface area contributed by atoms with Gasteiger partial charge in [-0.1, -0.05) is 12.1 Å². The minimum atomic E-state index is -5.68. The summed E-state index contributed by atoms with van der Waals surface area (Å²) in [5.41, 5.74) is -4.76. The lowest BCUT2D eigenvalue weighted by molar-refractivity contribution is -0.384. The summed E-state index contributed by atoms with van der Waals surface area (Å²) in [5, 5.41) is 11.5. The van der Waals surface area contributed by atoms with E-state index in [1.807, 2.05) is 18.2 Å². The van der Waals surface area contributed by atoms with Gasteiger partial charge in [0, 0.05) is 25.1 Å². The maximum atomic E-state index is 12.8. The molecule has 0 amide bonds. The highest BCUT2D eigenvalue weighted by Crippen LogP contribution is 2.38. The fourth-order valence-electron chi connectivity index (χ4n) is 3.65. The van der Waals surface area contributed by atoms with Crippen molar-refractivity contribution in [2.45, 2.75) is 29.2 Å². The molecule has 0 saturated carbocycles. The third kappa shape index (κ3) is 3.82. The van der Waals surface area contributed by atoms with Crippen LogP contribution in [0.3, 0.4) is 0 Å². The molecule has 0 atom stereocenters. The number of para-hydroxylation sites is 2. The molecule has 0 N–H and O–H groups in total.